The van der Waals surface area contributed by atoms with Gasteiger partial charge in [-0.1, -0.05) is 0 Å². The molecule has 16 heavy (non-hydrogen) atoms. The van der Waals surface area contributed by atoms with E-state index in [9.17, 15) is 4.39 Å². The highest BCUT2D eigenvalue weighted by Crippen LogP contribution is 2.19. The van der Waals surface area contributed by atoms with Gasteiger partial charge in [-0.15, -0.1) is 0 Å². The van der Waals surface area contributed by atoms with Gasteiger partial charge in [0.1, 0.15) is 18.2 Å². The van der Waals surface area contributed by atoms with E-state index in [4.69, 9.17) is 15.2 Å². The third-order valence-corrected chi connectivity index (χ3v) is 2.60. The smallest absolute Gasteiger partial charge is 0.128 e. The first-order valence-corrected chi connectivity index (χ1v) is 5.54. The van der Waals surface area contributed by atoms with E-state index in [1.54, 1.807) is 6.07 Å². The molecule has 88 valence electrons. The van der Waals surface area contributed by atoms with Crippen LogP contribution in [-0.4, -0.2) is 19.3 Å². The average molecular weight is 225 g/mol. The second-order valence-electron chi connectivity index (χ2n) is 4.02. The lowest BCUT2D eigenvalue weighted by Crippen LogP contribution is -2.25. The molecule has 1 atom stereocenters. The highest BCUT2D eigenvalue weighted by Gasteiger charge is 2.14. The number of hydrogen-bond acceptors (Lipinski definition) is 3. The minimum absolute atomic E-state index is 0.123. The first kappa shape index (κ1) is 11.2. The fourth-order valence-corrected chi connectivity index (χ4v) is 1.80. The van der Waals surface area contributed by atoms with Crippen LogP contribution >= 0.6 is 0 Å². The summed E-state index contributed by atoms with van der Waals surface area (Å²) in [7, 11) is 0. The van der Waals surface area contributed by atoms with Crippen LogP contribution in [-0.2, 0) is 4.74 Å². The number of nitrogens with two attached hydrogens (primary N) is 1. The van der Waals surface area contributed by atoms with Crippen LogP contribution in [0.4, 0.5) is 10.1 Å². The molecule has 1 fully saturated rings. The zero-order valence-corrected chi connectivity index (χ0v) is 9.12. The van der Waals surface area contributed by atoms with E-state index in [0.717, 1.165) is 19.4 Å². The normalized spacial score (nSPS) is 20.7. The van der Waals surface area contributed by atoms with Crippen molar-refractivity contribution in [3.8, 4) is 5.75 Å². The van der Waals surface area contributed by atoms with Gasteiger partial charge in [-0.3, -0.25) is 0 Å². The van der Waals surface area contributed by atoms with Crippen LogP contribution in [0.5, 0.6) is 5.75 Å². The topological polar surface area (TPSA) is 44.5 Å². The maximum Gasteiger partial charge on any atom is 0.128 e. The van der Waals surface area contributed by atoms with Crippen LogP contribution < -0.4 is 10.5 Å². The molecule has 1 aromatic rings. The summed E-state index contributed by atoms with van der Waals surface area (Å²) in [4.78, 5) is 0. The third-order valence-electron chi connectivity index (χ3n) is 2.60. The molecule has 2 N–H and O–H groups in total. The van der Waals surface area contributed by atoms with Crippen LogP contribution in [0.25, 0.3) is 0 Å². The molecule has 1 aliphatic rings. The van der Waals surface area contributed by atoms with Crippen molar-refractivity contribution in [2.24, 2.45) is 0 Å². The summed E-state index contributed by atoms with van der Waals surface area (Å²) in [5.41, 5.74) is 5.89. The molecule has 3 nitrogen and oxygen atoms in total. The molecule has 1 unspecified atom stereocenters. The first-order chi connectivity index (χ1) is 7.74. The quantitative estimate of drug-likeness (QED) is 0.803. The molecule has 0 bridgehead atoms. The molecular formula is C12H16FNO2. The van der Waals surface area contributed by atoms with Crippen molar-refractivity contribution in [2.75, 3.05) is 18.9 Å². The maximum absolute atomic E-state index is 13.0. The highest BCUT2D eigenvalue weighted by molar-refractivity contribution is 5.44. The summed E-state index contributed by atoms with van der Waals surface area (Å²) in [5.74, 6) is 0.0891. The van der Waals surface area contributed by atoms with Gasteiger partial charge in [0.15, 0.2) is 0 Å². The van der Waals surface area contributed by atoms with Gasteiger partial charge in [-0.25, -0.2) is 4.39 Å². The molecule has 0 aromatic heterocycles. The van der Waals surface area contributed by atoms with Gasteiger partial charge in [0.2, 0.25) is 0 Å². The molecule has 1 heterocycles. The highest BCUT2D eigenvalue weighted by atomic mass is 19.1. The van der Waals surface area contributed by atoms with E-state index >= 15 is 0 Å². The molecule has 1 aliphatic heterocycles. The maximum atomic E-state index is 13.0. The zero-order valence-electron chi connectivity index (χ0n) is 9.12. The number of halogens is 1. The predicted octanol–water partition coefficient (Wildman–Crippen LogP) is 2.36. The predicted molar refractivity (Wildman–Crippen MR) is 59.9 cm³/mol. The minimum atomic E-state index is -0.375. The van der Waals surface area contributed by atoms with E-state index in [2.05, 4.69) is 0 Å². The van der Waals surface area contributed by atoms with Gasteiger partial charge in [0.05, 0.1) is 6.10 Å². The Balaban J connectivity index is 1.88. The van der Waals surface area contributed by atoms with Crippen molar-refractivity contribution in [2.45, 2.75) is 25.4 Å². The number of rotatable bonds is 3. The monoisotopic (exact) mass is 225 g/mol. The van der Waals surface area contributed by atoms with E-state index in [1.807, 2.05) is 0 Å². The zero-order chi connectivity index (χ0) is 11.4. The molecule has 1 saturated heterocycles. The Morgan fingerprint density at radius 1 is 1.38 bits per heavy atom. The van der Waals surface area contributed by atoms with E-state index in [1.165, 1.54) is 18.6 Å². The second kappa shape index (κ2) is 5.16. The fourth-order valence-electron chi connectivity index (χ4n) is 1.80. The Morgan fingerprint density at radius 3 is 2.94 bits per heavy atom. The Bertz CT molecular complexity index is 331. The third kappa shape index (κ3) is 3.10. The molecule has 0 amide bonds. The molecule has 1 aromatic carbocycles. The van der Waals surface area contributed by atoms with Gasteiger partial charge in [0.25, 0.3) is 0 Å². The molecule has 0 saturated carbocycles. The lowest BCUT2D eigenvalue weighted by molar-refractivity contribution is -0.0111. The van der Waals surface area contributed by atoms with Crippen LogP contribution in [0.2, 0.25) is 0 Å². The molecule has 2 rings (SSSR count). The fraction of sp³-hybridized carbons (Fsp3) is 0.500. The number of anilines is 1. The van der Waals surface area contributed by atoms with Crippen molar-refractivity contribution in [3.05, 3.63) is 24.0 Å². The lowest BCUT2D eigenvalue weighted by Gasteiger charge is -2.22. The van der Waals surface area contributed by atoms with Gasteiger partial charge in [-0.05, 0) is 25.3 Å². The summed E-state index contributed by atoms with van der Waals surface area (Å²) in [6.07, 6.45) is 3.41. The molecule has 0 spiro atoms. The Morgan fingerprint density at radius 2 is 2.25 bits per heavy atom. The van der Waals surface area contributed by atoms with Gasteiger partial charge in [0, 0.05) is 24.4 Å². The van der Waals surface area contributed by atoms with Crippen molar-refractivity contribution < 1.29 is 13.9 Å². The second-order valence-corrected chi connectivity index (χ2v) is 4.02. The summed E-state index contributed by atoms with van der Waals surface area (Å²) in [6, 6.07) is 4.22. The van der Waals surface area contributed by atoms with Crippen molar-refractivity contribution in [1.29, 1.82) is 0 Å². The van der Waals surface area contributed by atoms with Gasteiger partial charge in [-0.2, -0.15) is 0 Å². The molecular weight excluding hydrogens is 209 g/mol. The van der Waals surface area contributed by atoms with Crippen molar-refractivity contribution in [1.82, 2.24) is 0 Å². The van der Waals surface area contributed by atoms with Crippen LogP contribution in [0.15, 0.2) is 18.2 Å². The Hall–Kier alpha value is -1.29. The Labute approximate surface area is 94.3 Å². The molecule has 0 aliphatic carbocycles. The number of benzene rings is 1. The summed E-state index contributed by atoms with van der Waals surface area (Å²) in [6.45, 7) is 1.25. The first-order valence-electron chi connectivity index (χ1n) is 5.54. The van der Waals surface area contributed by atoms with Crippen molar-refractivity contribution in [3.63, 3.8) is 0 Å². The summed E-state index contributed by atoms with van der Waals surface area (Å²) >= 11 is 0. The molecule has 0 radical (unpaired) electrons. The van der Waals surface area contributed by atoms with E-state index in [-0.39, 0.29) is 11.9 Å². The van der Waals surface area contributed by atoms with E-state index < -0.39 is 0 Å². The summed E-state index contributed by atoms with van der Waals surface area (Å²) in [5, 5.41) is 0. The Kier molecular flexibility index (Phi) is 3.62. The SMILES string of the molecule is Nc1cc(F)cc(OCC2CCCCO2)c1. The van der Waals surface area contributed by atoms with Crippen LogP contribution in [0.3, 0.4) is 0 Å². The largest absolute Gasteiger partial charge is 0.491 e. The standard InChI is InChI=1S/C12H16FNO2/c13-9-5-10(14)7-12(6-9)16-8-11-3-1-2-4-15-11/h5-7,11H,1-4,8,14H2. The van der Waals surface area contributed by atoms with Crippen LogP contribution in [0.1, 0.15) is 19.3 Å². The van der Waals surface area contributed by atoms with Gasteiger partial charge < -0.3 is 15.2 Å². The minimum Gasteiger partial charge on any atom is -0.491 e. The van der Waals surface area contributed by atoms with Crippen LogP contribution in [0, 0.1) is 5.82 Å². The number of nitrogen functional groups attached to an aromatic ring is 1. The summed E-state index contributed by atoms with van der Waals surface area (Å²) < 4.78 is 24.0. The average Bonchev–Trinajstić information content (AvgIpc) is 2.27. The van der Waals surface area contributed by atoms with Crippen molar-refractivity contribution >= 4 is 5.69 Å². The van der Waals surface area contributed by atoms with E-state index in [0.29, 0.717) is 18.0 Å². The lowest BCUT2D eigenvalue weighted by atomic mass is 10.1. The number of ether oxygens (including phenoxy) is 2. The van der Waals surface area contributed by atoms with Gasteiger partial charge >= 0.3 is 0 Å². The molecule has 4 heteroatoms. The number of hydrogen-bond donors (Lipinski definition) is 1.